The molecule has 2 heterocycles. The average molecular weight is 469 g/mol. The lowest BCUT2D eigenvalue weighted by atomic mass is 9.96. The van der Waals surface area contributed by atoms with Gasteiger partial charge in [0, 0.05) is 43.1 Å². The van der Waals surface area contributed by atoms with Gasteiger partial charge in [0.25, 0.3) is 11.8 Å². The van der Waals surface area contributed by atoms with Gasteiger partial charge in [-0.2, -0.15) is 0 Å². The molecule has 2 aromatic rings. The third kappa shape index (κ3) is 4.27. The third-order valence-electron chi connectivity index (χ3n) is 6.70. The normalized spacial score (nSPS) is 21.5. The molecular weight excluding hydrogens is 444 g/mol. The molecule has 1 atom stereocenters. The molecule has 1 aliphatic carbocycles. The summed E-state index contributed by atoms with van der Waals surface area (Å²) in [7, 11) is 0. The Morgan fingerprint density at radius 1 is 0.912 bits per heavy atom. The average Bonchev–Trinajstić information content (AvgIpc) is 3.58. The molecule has 1 spiro atoms. The molecule has 2 aliphatic heterocycles. The lowest BCUT2D eigenvalue weighted by Gasteiger charge is -2.44. The van der Waals surface area contributed by atoms with E-state index in [-0.39, 0.29) is 48.7 Å². The molecule has 1 saturated carbocycles. The number of ether oxygens (including phenoxy) is 1. The van der Waals surface area contributed by atoms with Crippen LogP contribution in [0.25, 0.3) is 0 Å². The minimum atomic E-state index is -1.06. The molecule has 0 bridgehead atoms. The van der Waals surface area contributed by atoms with Gasteiger partial charge in [0.1, 0.15) is 23.4 Å². The van der Waals surface area contributed by atoms with Crippen molar-refractivity contribution in [3.63, 3.8) is 0 Å². The molecule has 0 aromatic heterocycles. The molecule has 9 heteroatoms. The summed E-state index contributed by atoms with van der Waals surface area (Å²) in [6.07, 6.45) is 2.42. The molecule has 0 radical (unpaired) electrons. The van der Waals surface area contributed by atoms with Crippen LogP contribution in [0.5, 0.6) is 0 Å². The lowest BCUT2D eigenvalue weighted by molar-refractivity contribution is -0.128. The van der Waals surface area contributed by atoms with Crippen molar-refractivity contribution in [3.8, 4) is 0 Å². The van der Waals surface area contributed by atoms with E-state index >= 15 is 0 Å². The SMILES string of the molecule is O=C(NC1CC1)[C@@H]1COC2(CCN(C(=O)c3cccc(F)c3)CC2)N1C(=O)c1ccc(F)cc1. The number of likely N-dealkylation sites (tertiary alicyclic amines) is 1. The molecule has 5 rings (SSSR count). The number of nitrogens with zero attached hydrogens (tertiary/aromatic N) is 2. The number of carbonyl (C=O) groups is 3. The van der Waals surface area contributed by atoms with Crippen LogP contribution in [0.4, 0.5) is 8.78 Å². The molecule has 3 fully saturated rings. The van der Waals surface area contributed by atoms with Crippen LogP contribution in [0.1, 0.15) is 46.4 Å². The number of carbonyl (C=O) groups excluding carboxylic acids is 3. The van der Waals surface area contributed by atoms with Gasteiger partial charge >= 0.3 is 0 Å². The predicted octanol–water partition coefficient (Wildman–Crippen LogP) is 2.72. The van der Waals surface area contributed by atoms with E-state index in [2.05, 4.69) is 5.32 Å². The number of piperidine rings is 1. The molecule has 34 heavy (non-hydrogen) atoms. The topological polar surface area (TPSA) is 79.0 Å². The number of rotatable bonds is 4. The molecule has 3 amide bonds. The van der Waals surface area contributed by atoms with Crippen LogP contribution in [0, 0.1) is 11.6 Å². The number of hydrogen-bond donors (Lipinski definition) is 1. The minimum Gasteiger partial charge on any atom is -0.353 e. The first-order valence-corrected chi connectivity index (χ1v) is 11.4. The summed E-state index contributed by atoms with van der Waals surface area (Å²) in [5, 5.41) is 2.94. The first kappa shape index (κ1) is 22.5. The zero-order chi connectivity index (χ0) is 23.9. The number of nitrogens with one attached hydrogen (secondary N) is 1. The first-order valence-electron chi connectivity index (χ1n) is 11.4. The number of halogens is 2. The van der Waals surface area contributed by atoms with Crippen molar-refractivity contribution in [3.05, 3.63) is 71.3 Å². The van der Waals surface area contributed by atoms with Gasteiger partial charge in [0.05, 0.1) is 6.61 Å². The van der Waals surface area contributed by atoms with Crippen molar-refractivity contribution in [1.82, 2.24) is 15.1 Å². The monoisotopic (exact) mass is 469 g/mol. The van der Waals surface area contributed by atoms with E-state index < -0.39 is 29.3 Å². The van der Waals surface area contributed by atoms with Crippen LogP contribution in [-0.4, -0.2) is 65.0 Å². The van der Waals surface area contributed by atoms with E-state index in [1.54, 1.807) is 11.0 Å². The van der Waals surface area contributed by atoms with Crippen LogP contribution in [0.2, 0.25) is 0 Å². The minimum absolute atomic E-state index is 0.0450. The predicted molar refractivity (Wildman–Crippen MR) is 118 cm³/mol. The van der Waals surface area contributed by atoms with Gasteiger partial charge in [-0.3, -0.25) is 19.3 Å². The maximum absolute atomic E-state index is 13.6. The van der Waals surface area contributed by atoms with Gasteiger partial charge in [-0.25, -0.2) is 8.78 Å². The zero-order valence-electron chi connectivity index (χ0n) is 18.5. The van der Waals surface area contributed by atoms with Gasteiger partial charge in [-0.1, -0.05) is 6.07 Å². The standard InChI is InChI=1S/C25H25F2N3O4/c26-18-6-4-16(5-7-18)24(33)30-21(22(31)28-20-8-9-20)15-34-25(30)10-12-29(13-11-25)23(32)17-2-1-3-19(27)14-17/h1-7,14,20-21H,8-13,15H2,(H,28,31)/t21-/m0/s1. The van der Waals surface area contributed by atoms with Gasteiger partial charge in [-0.15, -0.1) is 0 Å². The van der Waals surface area contributed by atoms with E-state index in [9.17, 15) is 23.2 Å². The summed E-state index contributed by atoms with van der Waals surface area (Å²) in [4.78, 5) is 42.4. The molecular formula is C25H25F2N3O4. The first-order chi connectivity index (χ1) is 16.4. The van der Waals surface area contributed by atoms with Gasteiger partial charge in [0.2, 0.25) is 5.91 Å². The van der Waals surface area contributed by atoms with Crippen molar-refractivity contribution in [2.75, 3.05) is 19.7 Å². The molecule has 3 aliphatic rings. The van der Waals surface area contributed by atoms with E-state index in [0.29, 0.717) is 12.8 Å². The summed E-state index contributed by atoms with van der Waals surface area (Å²) in [5.74, 6) is -1.94. The summed E-state index contributed by atoms with van der Waals surface area (Å²) in [6.45, 7) is 0.600. The van der Waals surface area contributed by atoms with E-state index in [0.717, 1.165) is 12.8 Å². The van der Waals surface area contributed by atoms with Crippen molar-refractivity contribution in [2.24, 2.45) is 0 Å². The van der Waals surface area contributed by atoms with Crippen LogP contribution in [0.15, 0.2) is 48.5 Å². The van der Waals surface area contributed by atoms with Crippen LogP contribution >= 0.6 is 0 Å². The maximum Gasteiger partial charge on any atom is 0.256 e. The van der Waals surface area contributed by atoms with E-state index in [4.69, 9.17) is 4.74 Å². The molecule has 178 valence electrons. The van der Waals surface area contributed by atoms with Gasteiger partial charge < -0.3 is 15.0 Å². The molecule has 1 N–H and O–H groups in total. The van der Waals surface area contributed by atoms with Crippen LogP contribution in [-0.2, 0) is 9.53 Å². The Hall–Kier alpha value is -3.33. The second-order valence-electron chi connectivity index (χ2n) is 9.04. The quantitative estimate of drug-likeness (QED) is 0.747. The molecule has 2 aromatic carbocycles. The second-order valence-corrected chi connectivity index (χ2v) is 9.04. The summed E-state index contributed by atoms with van der Waals surface area (Å²) in [5.41, 5.74) is -0.548. The Labute approximate surface area is 195 Å². The smallest absolute Gasteiger partial charge is 0.256 e. The number of amides is 3. The highest BCUT2D eigenvalue weighted by molar-refractivity contribution is 5.98. The number of hydrogen-bond acceptors (Lipinski definition) is 4. The molecule has 0 unspecified atom stereocenters. The van der Waals surface area contributed by atoms with Crippen LogP contribution < -0.4 is 5.32 Å². The number of benzene rings is 2. The fraction of sp³-hybridized carbons (Fsp3) is 0.400. The zero-order valence-corrected chi connectivity index (χ0v) is 18.5. The maximum atomic E-state index is 13.6. The van der Waals surface area contributed by atoms with Crippen molar-refractivity contribution < 1.29 is 27.9 Å². The second kappa shape index (κ2) is 8.79. The Kier molecular flexibility index (Phi) is 5.81. The van der Waals surface area contributed by atoms with Crippen molar-refractivity contribution >= 4 is 17.7 Å². The molecule has 2 saturated heterocycles. The summed E-state index contributed by atoms with van der Waals surface area (Å²) >= 11 is 0. The Morgan fingerprint density at radius 3 is 2.26 bits per heavy atom. The fourth-order valence-electron chi connectivity index (χ4n) is 4.69. The third-order valence-corrected chi connectivity index (χ3v) is 6.70. The Bertz CT molecular complexity index is 1110. The highest BCUT2D eigenvalue weighted by atomic mass is 19.1. The fourth-order valence-corrected chi connectivity index (χ4v) is 4.69. The lowest BCUT2D eigenvalue weighted by Crippen LogP contribution is -2.60. The highest BCUT2D eigenvalue weighted by Crippen LogP contribution is 2.39. The Balaban J connectivity index is 1.37. The van der Waals surface area contributed by atoms with E-state index in [1.807, 2.05) is 0 Å². The highest BCUT2D eigenvalue weighted by Gasteiger charge is 2.54. The summed E-state index contributed by atoms with van der Waals surface area (Å²) in [6, 6.07) is 10.0. The van der Waals surface area contributed by atoms with E-state index in [1.165, 1.54) is 47.4 Å². The summed E-state index contributed by atoms with van der Waals surface area (Å²) < 4.78 is 33.1. The van der Waals surface area contributed by atoms with Crippen molar-refractivity contribution in [2.45, 2.75) is 43.5 Å². The molecule has 7 nitrogen and oxygen atoms in total. The van der Waals surface area contributed by atoms with Gasteiger partial charge in [-0.05, 0) is 55.3 Å². The van der Waals surface area contributed by atoms with Gasteiger partial charge in [0.15, 0.2) is 0 Å². The largest absolute Gasteiger partial charge is 0.353 e. The van der Waals surface area contributed by atoms with Crippen LogP contribution in [0.3, 0.4) is 0 Å². The van der Waals surface area contributed by atoms with Crippen molar-refractivity contribution in [1.29, 1.82) is 0 Å². The Morgan fingerprint density at radius 2 is 1.62 bits per heavy atom.